The van der Waals surface area contributed by atoms with Gasteiger partial charge in [-0.2, -0.15) is 0 Å². The molecule has 1 fully saturated rings. The molecule has 6 heteroatoms. The molecule has 1 saturated heterocycles. The van der Waals surface area contributed by atoms with Gasteiger partial charge in [-0.3, -0.25) is 4.79 Å². The van der Waals surface area contributed by atoms with Gasteiger partial charge in [-0.25, -0.2) is 4.79 Å². The maximum atomic E-state index is 12.4. The van der Waals surface area contributed by atoms with Crippen LogP contribution in [0.1, 0.15) is 33.7 Å². The average Bonchev–Trinajstić information content (AvgIpc) is 2.67. The molecule has 2 heterocycles. The van der Waals surface area contributed by atoms with E-state index in [1.54, 1.807) is 13.0 Å². The number of carbonyl (C=O) groups excluding carboxylic acids is 1. The predicted octanol–water partition coefficient (Wildman–Crippen LogP) is 1.84. The largest absolute Gasteiger partial charge is 0.427 e. The topological polar surface area (TPSA) is 80.6 Å². The lowest BCUT2D eigenvalue weighted by molar-refractivity contribution is 0.0239. The van der Waals surface area contributed by atoms with Gasteiger partial charge in [0.1, 0.15) is 11.3 Å². The Morgan fingerprint density at radius 2 is 2.07 bits per heavy atom. The van der Waals surface area contributed by atoms with Gasteiger partial charge in [-0.1, -0.05) is 30.3 Å². The van der Waals surface area contributed by atoms with Crippen molar-refractivity contribution in [3.05, 3.63) is 69.3 Å². The van der Waals surface area contributed by atoms with Crippen LogP contribution in [0.4, 0.5) is 0 Å². The van der Waals surface area contributed by atoms with E-state index in [4.69, 9.17) is 9.15 Å². The zero-order valence-corrected chi connectivity index (χ0v) is 15.6. The highest BCUT2D eigenvalue weighted by molar-refractivity contribution is 5.95. The minimum Gasteiger partial charge on any atom is -0.427 e. The number of carbonyl (C=O) groups is 1. The molecule has 1 aromatic heterocycles. The number of ether oxygens (including phenoxy) is 1. The molecule has 144 valence electrons. The first-order valence-corrected chi connectivity index (χ1v) is 9.41. The van der Waals surface area contributed by atoms with Crippen LogP contribution in [0.5, 0.6) is 0 Å². The fourth-order valence-corrected chi connectivity index (χ4v) is 3.22. The molecule has 3 rings (SSSR count). The van der Waals surface area contributed by atoms with Crippen molar-refractivity contribution in [1.29, 1.82) is 0 Å². The van der Waals surface area contributed by atoms with E-state index in [1.165, 1.54) is 5.56 Å². The highest BCUT2D eigenvalue weighted by atomic mass is 16.5. The summed E-state index contributed by atoms with van der Waals surface area (Å²) in [6.07, 6.45) is 2.20. The summed E-state index contributed by atoms with van der Waals surface area (Å²) in [7, 11) is 0. The highest BCUT2D eigenvalue weighted by Crippen LogP contribution is 2.11. The number of nitrogens with one attached hydrogen (secondary N) is 2. The Kier molecular flexibility index (Phi) is 6.79. The van der Waals surface area contributed by atoms with Crippen LogP contribution in [0.25, 0.3) is 0 Å². The number of hydrogen-bond donors (Lipinski definition) is 2. The summed E-state index contributed by atoms with van der Waals surface area (Å²) < 4.78 is 11.0. The van der Waals surface area contributed by atoms with Gasteiger partial charge in [-0.05, 0) is 37.0 Å². The second-order valence-electron chi connectivity index (χ2n) is 6.79. The Balaban J connectivity index is 1.56. The first-order chi connectivity index (χ1) is 13.1. The van der Waals surface area contributed by atoms with Gasteiger partial charge in [0.2, 0.25) is 0 Å². The molecule has 0 bridgehead atoms. The number of aryl methyl sites for hydroxylation is 3. The zero-order chi connectivity index (χ0) is 19.1. The van der Waals surface area contributed by atoms with Gasteiger partial charge in [0.05, 0.1) is 12.7 Å². The molecule has 1 amide bonds. The highest BCUT2D eigenvalue weighted by Gasteiger charge is 2.18. The average molecular weight is 370 g/mol. The summed E-state index contributed by atoms with van der Waals surface area (Å²) in [6.45, 7) is 4.56. The molecule has 1 aliphatic rings. The molecule has 1 aromatic carbocycles. The van der Waals surface area contributed by atoms with Crippen LogP contribution >= 0.6 is 0 Å². The Labute approximate surface area is 158 Å². The third kappa shape index (κ3) is 5.52. The molecule has 1 atom stereocenters. The van der Waals surface area contributed by atoms with Gasteiger partial charge < -0.3 is 19.8 Å². The lowest BCUT2D eigenvalue weighted by Gasteiger charge is -2.23. The fraction of sp³-hybridized carbons (Fsp3) is 0.429. The smallest absolute Gasteiger partial charge is 0.349 e. The van der Waals surface area contributed by atoms with Crippen LogP contribution in [0.3, 0.4) is 0 Å². The van der Waals surface area contributed by atoms with Crippen LogP contribution in [0.2, 0.25) is 0 Å². The van der Waals surface area contributed by atoms with E-state index in [9.17, 15) is 9.59 Å². The normalized spacial score (nSPS) is 16.9. The summed E-state index contributed by atoms with van der Waals surface area (Å²) in [5.74, 6) is 0.208. The van der Waals surface area contributed by atoms with E-state index in [2.05, 4.69) is 10.6 Å². The number of amides is 1. The minimum absolute atomic E-state index is 0.0844. The van der Waals surface area contributed by atoms with Gasteiger partial charge in [-0.15, -0.1) is 0 Å². The van der Waals surface area contributed by atoms with Crippen molar-refractivity contribution in [2.45, 2.75) is 32.3 Å². The lowest BCUT2D eigenvalue weighted by Crippen LogP contribution is -2.40. The van der Waals surface area contributed by atoms with Crippen LogP contribution in [-0.4, -0.2) is 38.3 Å². The first-order valence-electron chi connectivity index (χ1n) is 9.41. The summed E-state index contributed by atoms with van der Waals surface area (Å²) in [5.41, 5.74) is 1.33. The third-order valence-electron chi connectivity index (χ3n) is 4.69. The van der Waals surface area contributed by atoms with E-state index < -0.39 is 5.63 Å². The van der Waals surface area contributed by atoms with Crippen molar-refractivity contribution in [2.75, 3.05) is 26.2 Å². The number of hydrogen-bond acceptors (Lipinski definition) is 5. The van der Waals surface area contributed by atoms with E-state index in [0.29, 0.717) is 37.3 Å². The van der Waals surface area contributed by atoms with E-state index in [-0.39, 0.29) is 17.6 Å². The van der Waals surface area contributed by atoms with Gasteiger partial charge in [0.25, 0.3) is 5.91 Å². The van der Waals surface area contributed by atoms with Crippen molar-refractivity contribution in [1.82, 2.24) is 10.6 Å². The third-order valence-corrected chi connectivity index (χ3v) is 4.69. The van der Waals surface area contributed by atoms with Gasteiger partial charge >= 0.3 is 5.63 Å². The molecule has 1 unspecified atom stereocenters. The van der Waals surface area contributed by atoms with Crippen LogP contribution in [-0.2, 0) is 17.6 Å². The maximum absolute atomic E-state index is 12.4. The molecule has 0 aliphatic carbocycles. The van der Waals surface area contributed by atoms with Gasteiger partial charge in [0, 0.05) is 26.1 Å². The van der Waals surface area contributed by atoms with Crippen molar-refractivity contribution in [3.63, 3.8) is 0 Å². The Morgan fingerprint density at radius 3 is 2.78 bits per heavy atom. The molecule has 2 N–H and O–H groups in total. The van der Waals surface area contributed by atoms with Crippen molar-refractivity contribution >= 4 is 5.91 Å². The molecule has 0 radical (unpaired) electrons. The van der Waals surface area contributed by atoms with Gasteiger partial charge in [0.15, 0.2) is 0 Å². The van der Waals surface area contributed by atoms with Crippen LogP contribution in [0, 0.1) is 6.92 Å². The Morgan fingerprint density at radius 1 is 1.26 bits per heavy atom. The molecule has 0 saturated carbocycles. The number of morpholine rings is 1. The summed E-state index contributed by atoms with van der Waals surface area (Å²) in [6, 6.07) is 11.8. The minimum atomic E-state index is -0.578. The van der Waals surface area contributed by atoms with E-state index in [1.807, 2.05) is 30.3 Å². The fourth-order valence-electron chi connectivity index (χ4n) is 3.22. The zero-order valence-electron chi connectivity index (χ0n) is 15.6. The van der Waals surface area contributed by atoms with E-state index >= 15 is 0 Å². The summed E-state index contributed by atoms with van der Waals surface area (Å²) in [4.78, 5) is 24.7. The van der Waals surface area contributed by atoms with Crippen LogP contribution in [0.15, 0.2) is 45.6 Å². The predicted molar refractivity (Wildman–Crippen MR) is 103 cm³/mol. The Hall–Kier alpha value is -2.44. The second-order valence-corrected chi connectivity index (χ2v) is 6.79. The maximum Gasteiger partial charge on any atom is 0.349 e. The molecular formula is C21H26N2O4. The molecule has 0 spiro atoms. The molecular weight excluding hydrogens is 344 g/mol. The Bertz CT molecular complexity index is 811. The molecule has 2 aromatic rings. The lowest BCUT2D eigenvalue weighted by atomic mass is 10.1. The summed E-state index contributed by atoms with van der Waals surface area (Å²) in [5, 5.41) is 6.05. The van der Waals surface area contributed by atoms with Crippen molar-refractivity contribution < 1.29 is 13.9 Å². The van der Waals surface area contributed by atoms with Crippen molar-refractivity contribution in [3.8, 4) is 0 Å². The second kappa shape index (κ2) is 9.48. The first kappa shape index (κ1) is 19.3. The monoisotopic (exact) mass is 370 g/mol. The van der Waals surface area contributed by atoms with Crippen LogP contribution < -0.4 is 16.3 Å². The quantitative estimate of drug-likeness (QED) is 0.777. The van der Waals surface area contributed by atoms with E-state index in [0.717, 1.165) is 19.5 Å². The number of rotatable bonds is 7. The summed E-state index contributed by atoms with van der Waals surface area (Å²) >= 11 is 0. The molecule has 1 aliphatic heterocycles. The van der Waals surface area contributed by atoms with Crippen molar-refractivity contribution in [2.24, 2.45) is 0 Å². The number of benzene rings is 1. The SMILES string of the molecule is Cc1cc(CCc2ccccc2)oc(=O)c1C(=O)NCCC1CNCCO1. The standard InChI is InChI=1S/C21H26N2O4/c1-15-13-17(8-7-16-5-3-2-4-6-16)27-21(25)19(15)20(24)23-10-9-18-14-22-11-12-26-18/h2-6,13,18,22H,7-12,14H2,1H3,(H,23,24). The molecule has 27 heavy (non-hydrogen) atoms. The molecule has 6 nitrogen and oxygen atoms in total.